The molecule has 37 heavy (non-hydrogen) atoms. The molecule has 1 saturated heterocycles. The van der Waals surface area contributed by atoms with Gasteiger partial charge in [0.1, 0.15) is 11.2 Å². The minimum Gasteiger partial charge on any atom is -0.480 e. The van der Waals surface area contributed by atoms with E-state index in [1.54, 1.807) is 24.3 Å². The van der Waals surface area contributed by atoms with Crippen molar-refractivity contribution in [2.75, 3.05) is 19.7 Å². The van der Waals surface area contributed by atoms with Gasteiger partial charge in [0.25, 0.3) is 0 Å². The topological polar surface area (TPSA) is 122 Å². The Balaban J connectivity index is 2.02. The number of carbonyl (C=O) groups is 2. The van der Waals surface area contributed by atoms with E-state index >= 15 is 0 Å². The molecule has 0 saturated carbocycles. The molecule has 0 bridgehead atoms. The molecule has 11 heteroatoms. The van der Waals surface area contributed by atoms with Crippen LogP contribution in [-0.2, 0) is 19.7 Å². The van der Waals surface area contributed by atoms with Gasteiger partial charge in [-0.3, -0.25) is 4.79 Å². The molecule has 3 atom stereocenters. The number of carboxylic acids is 2. The summed E-state index contributed by atoms with van der Waals surface area (Å²) in [5.41, 5.74) is 3.08. The zero-order valence-corrected chi connectivity index (χ0v) is 19.7. The number of nitrogens with two attached hydrogens (primary N) is 1. The van der Waals surface area contributed by atoms with Crippen molar-refractivity contribution < 1.29 is 42.5 Å². The van der Waals surface area contributed by atoms with Crippen molar-refractivity contribution >= 4 is 11.9 Å². The first-order chi connectivity index (χ1) is 17.5. The number of hydrogen-bond donors (Lipinski definition) is 3. The van der Waals surface area contributed by atoms with Gasteiger partial charge in [-0.15, -0.1) is 9.60 Å². The summed E-state index contributed by atoms with van der Waals surface area (Å²) in [7, 11) is 0. The molecule has 196 valence electrons. The maximum absolute atomic E-state index is 14.2. The summed E-state index contributed by atoms with van der Waals surface area (Å²) < 4.78 is 49.9. The van der Waals surface area contributed by atoms with Gasteiger partial charge in [0.2, 0.25) is 0 Å². The molecule has 0 amide bonds. The van der Waals surface area contributed by atoms with Gasteiger partial charge in [0, 0.05) is 5.70 Å². The quantitative estimate of drug-likeness (QED) is 0.374. The van der Waals surface area contributed by atoms with Crippen LogP contribution in [0.25, 0.3) is 0 Å². The fraction of sp³-hybridized carbons (Fsp3) is 0.308. The second kappa shape index (κ2) is 9.91. The molecular weight excluding hydrogens is 493 g/mol. The first-order valence-corrected chi connectivity index (χ1v) is 11.4. The van der Waals surface area contributed by atoms with Crippen molar-refractivity contribution in [2.45, 2.75) is 25.1 Å². The number of nitrogens with zero attached hydrogens (tertiary/aromatic N) is 1. The summed E-state index contributed by atoms with van der Waals surface area (Å²) in [4.78, 5) is 24.9. The first-order valence-electron chi connectivity index (χ1n) is 11.4. The molecule has 1 fully saturated rings. The Labute approximate surface area is 210 Å². The summed E-state index contributed by atoms with van der Waals surface area (Å²) in [6.07, 6.45) is 1.96. The third-order valence-electron chi connectivity index (χ3n) is 6.83. The van der Waals surface area contributed by atoms with Crippen LogP contribution in [0.5, 0.6) is 5.75 Å². The van der Waals surface area contributed by atoms with E-state index in [0.29, 0.717) is 21.8 Å². The number of halogens is 3. The van der Waals surface area contributed by atoms with Crippen molar-refractivity contribution in [3.05, 3.63) is 88.6 Å². The SMILES string of the molecule is CC1(C(=O)O)C=CC(c2ccc(OC(F)F)cc2)(c2ccccc2C2CN(F)CCO2)C(C(=O)O)=C1N. The predicted octanol–water partition coefficient (Wildman–Crippen LogP) is 3.79. The Hall–Kier alpha value is -3.83. The lowest BCUT2D eigenvalue weighted by Gasteiger charge is -2.42. The lowest BCUT2D eigenvalue weighted by atomic mass is 9.61. The van der Waals surface area contributed by atoms with Gasteiger partial charge in [0.15, 0.2) is 0 Å². The molecule has 1 heterocycles. The maximum Gasteiger partial charge on any atom is 0.387 e. The third kappa shape index (κ3) is 4.56. The molecule has 3 unspecified atom stereocenters. The number of aliphatic carboxylic acids is 2. The summed E-state index contributed by atoms with van der Waals surface area (Å²) in [5, 5.41) is 20.9. The fourth-order valence-corrected chi connectivity index (χ4v) is 4.87. The average Bonchev–Trinajstić information content (AvgIpc) is 2.85. The van der Waals surface area contributed by atoms with Gasteiger partial charge >= 0.3 is 18.6 Å². The molecule has 4 rings (SSSR count). The number of carboxylic acid groups (broad SMARTS) is 2. The van der Waals surface area contributed by atoms with E-state index in [1.807, 2.05) is 0 Å². The highest BCUT2D eigenvalue weighted by Crippen LogP contribution is 2.51. The maximum atomic E-state index is 14.2. The Bertz CT molecular complexity index is 1270. The van der Waals surface area contributed by atoms with Crippen molar-refractivity contribution in [1.82, 2.24) is 5.12 Å². The van der Waals surface area contributed by atoms with Crippen molar-refractivity contribution in [1.29, 1.82) is 0 Å². The van der Waals surface area contributed by atoms with E-state index in [2.05, 4.69) is 4.74 Å². The Kier molecular flexibility index (Phi) is 7.03. The second-order valence-electron chi connectivity index (χ2n) is 8.96. The van der Waals surface area contributed by atoms with E-state index in [0.717, 1.165) is 0 Å². The second-order valence-corrected chi connectivity index (χ2v) is 8.96. The molecular formula is C26H25F3N2O6. The number of allylic oxidation sites excluding steroid dienone is 1. The van der Waals surface area contributed by atoms with Gasteiger partial charge in [-0.25, -0.2) is 4.79 Å². The van der Waals surface area contributed by atoms with Gasteiger partial charge in [-0.1, -0.05) is 48.6 Å². The van der Waals surface area contributed by atoms with E-state index in [-0.39, 0.29) is 25.4 Å². The molecule has 2 aliphatic rings. The van der Waals surface area contributed by atoms with E-state index in [4.69, 9.17) is 10.5 Å². The monoisotopic (exact) mass is 518 g/mol. The summed E-state index contributed by atoms with van der Waals surface area (Å²) in [6.45, 7) is -1.74. The molecule has 4 N–H and O–H groups in total. The molecule has 8 nitrogen and oxygen atoms in total. The van der Waals surface area contributed by atoms with Gasteiger partial charge < -0.3 is 25.4 Å². The molecule has 0 spiro atoms. The first kappa shape index (κ1) is 26.2. The Morgan fingerprint density at radius 2 is 1.81 bits per heavy atom. The Morgan fingerprint density at radius 1 is 1.14 bits per heavy atom. The molecule has 2 aromatic rings. The number of hydrogen-bond acceptors (Lipinski definition) is 6. The van der Waals surface area contributed by atoms with Gasteiger partial charge in [-0.2, -0.15) is 8.78 Å². The number of morpholine rings is 1. The highest BCUT2D eigenvalue weighted by molar-refractivity contribution is 5.97. The van der Waals surface area contributed by atoms with Crippen LogP contribution < -0.4 is 10.5 Å². The fourth-order valence-electron chi connectivity index (χ4n) is 4.87. The Morgan fingerprint density at radius 3 is 2.41 bits per heavy atom. The normalized spacial score (nSPS) is 26.4. The standard InChI is InChI=1S/C26H25F3N2O6/c1-25(23(34)35)10-11-26(20(21(25)30)22(32)33,15-6-8-16(9-7-15)37-24(27)28)18-5-3-2-4-17(18)19-14-31(29)12-13-36-19/h2-11,19,24H,12-14,30H2,1H3,(H,32,33)(H,34,35). The minimum atomic E-state index is -3.07. The van der Waals surface area contributed by atoms with Crippen LogP contribution in [0.3, 0.4) is 0 Å². The molecule has 1 aliphatic carbocycles. The van der Waals surface area contributed by atoms with Gasteiger partial charge in [-0.05, 0) is 35.7 Å². The lowest BCUT2D eigenvalue weighted by Crippen LogP contribution is -2.45. The van der Waals surface area contributed by atoms with Crippen LogP contribution in [-0.4, -0.2) is 53.6 Å². The highest BCUT2D eigenvalue weighted by atomic mass is 19.3. The summed E-state index contributed by atoms with van der Waals surface area (Å²) >= 11 is 0. The van der Waals surface area contributed by atoms with Crippen LogP contribution in [0, 0.1) is 5.41 Å². The van der Waals surface area contributed by atoms with E-state index in [1.165, 1.54) is 43.3 Å². The van der Waals surface area contributed by atoms with E-state index in [9.17, 15) is 33.1 Å². The zero-order valence-electron chi connectivity index (χ0n) is 19.7. The lowest BCUT2D eigenvalue weighted by molar-refractivity contribution is -0.143. The summed E-state index contributed by atoms with van der Waals surface area (Å²) in [5.74, 6) is -2.99. The minimum absolute atomic E-state index is 0.0690. The van der Waals surface area contributed by atoms with Crippen molar-refractivity contribution in [3.8, 4) is 5.75 Å². The van der Waals surface area contributed by atoms with Crippen LogP contribution in [0.15, 0.2) is 72.0 Å². The van der Waals surface area contributed by atoms with Crippen LogP contribution in [0.1, 0.15) is 29.7 Å². The third-order valence-corrected chi connectivity index (χ3v) is 6.83. The smallest absolute Gasteiger partial charge is 0.387 e. The van der Waals surface area contributed by atoms with Gasteiger partial charge in [0.05, 0.1) is 36.8 Å². The largest absolute Gasteiger partial charge is 0.480 e. The number of alkyl halides is 2. The number of ether oxygens (including phenoxy) is 2. The average molecular weight is 518 g/mol. The molecule has 1 aliphatic heterocycles. The predicted molar refractivity (Wildman–Crippen MR) is 125 cm³/mol. The zero-order chi connectivity index (χ0) is 27.0. The molecule has 2 aromatic carbocycles. The number of benzene rings is 2. The number of rotatable bonds is 7. The summed E-state index contributed by atoms with van der Waals surface area (Å²) in [6, 6.07) is 11.9. The van der Waals surface area contributed by atoms with Crippen LogP contribution >= 0.6 is 0 Å². The van der Waals surface area contributed by atoms with Crippen molar-refractivity contribution in [2.24, 2.45) is 11.1 Å². The molecule has 0 aromatic heterocycles. The van der Waals surface area contributed by atoms with Crippen LogP contribution in [0.2, 0.25) is 0 Å². The van der Waals surface area contributed by atoms with E-state index < -0.39 is 46.8 Å². The molecule has 0 radical (unpaired) electrons. The van der Waals surface area contributed by atoms with Crippen LogP contribution in [0.4, 0.5) is 13.3 Å². The van der Waals surface area contributed by atoms with Crippen molar-refractivity contribution in [3.63, 3.8) is 0 Å². The highest BCUT2D eigenvalue weighted by Gasteiger charge is 2.51.